The fourth-order valence-electron chi connectivity index (χ4n) is 3.40. The summed E-state index contributed by atoms with van der Waals surface area (Å²) < 4.78 is 0. The molecule has 3 rings (SSSR count). The van der Waals surface area contributed by atoms with Gasteiger partial charge in [0.05, 0.1) is 16.6 Å². The zero-order valence-electron chi connectivity index (χ0n) is 16.8. The molecule has 0 aliphatic carbocycles. The maximum Gasteiger partial charge on any atom is 0.253 e. The highest BCUT2D eigenvalue weighted by Crippen LogP contribution is 2.26. The van der Waals surface area contributed by atoms with Crippen molar-refractivity contribution in [3.63, 3.8) is 0 Å². The van der Waals surface area contributed by atoms with Gasteiger partial charge in [0.2, 0.25) is 5.91 Å². The van der Waals surface area contributed by atoms with E-state index >= 15 is 0 Å². The molecule has 1 atom stereocenters. The normalized spacial score (nSPS) is 16.1. The van der Waals surface area contributed by atoms with Gasteiger partial charge in [0.1, 0.15) is 0 Å². The molecule has 2 aromatic carbocycles. The van der Waals surface area contributed by atoms with Crippen LogP contribution in [0.2, 0.25) is 10.0 Å². The second-order valence-corrected chi connectivity index (χ2v) is 8.32. The average molecular weight is 448 g/mol. The molecule has 1 saturated heterocycles. The number of anilines is 1. The lowest BCUT2D eigenvalue weighted by atomic mass is 9.96. The van der Waals surface area contributed by atoms with Crippen LogP contribution in [0.4, 0.5) is 5.69 Å². The maximum absolute atomic E-state index is 12.9. The highest BCUT2D eigenvalue weighted by Gasteiger charge is 2.29. The van der Waals surface area contributed by atoms with E-state index in [1.165, 1.54) is 4.90 Å². The van der Waals surface area contributed by atoms with Gasteiger partial charge in [-0.1, -0.05) is 23.2 Å². The zero-order valence-corrected chi connectivity index (χ0v) is 18.3. The second kappa shape index (κ2) is 9.49. The van der Waals surface area contributed by atoms with Gasteiger partial charge < -0.3 is 15.1 Å². The minimum absolute atomic E-state index is 0.124. The first kappa shape index (κ1) is 22.1. The number of nitrogens with zero attached hydrogens (tertiary/aromatic N) is 2. The number of carbonyl (C=O) groups is 3. The van der Waals surface area contributed by atoms with E-state index in [9.17, 15) is 14.4 Å². The molecule has 0 saturated carbocycles. The van der Waals surface area contributed by atoms with E-state index in [-0.39, 0.29) is 23.6 Å². The number of piperidine rings is 1. The Morgan fingerprint density at radius 3 is 2.37 bits per heavy atom. The van der Waals surface area contributed by atoms with Crippen LogP contribution in [0.5, 0.6) is 0 Å². The summed E-state index contributed by atoms with van der Waals surface area (Å²) in [7, 11) is 3.31. The monoisotopic (exact) mass is 447 g/mol. The lowest BCUT2D eigenvalue weighted by Crippen LogP contribution is -2.43. The lowest BCUT2D eigenvalue weighted by Gasteiger charge is -2.32. The number of hydrogen-bond acceptors (Lipinski definition) is 3. The quantitative estimate of drug-likeness (QED) is 0.763. The summed E-state index contributed by atoms with van der Waals surface area (Å²) in [5, 5.41) is 3.74. The highest BCUT2D eigenvalue weighted by atomic mass is 35.5. The average Bonchev–Trinajstić information content (AvgIpc) is 2.74. The first-order chi connectivity index (χ1) is 14.3. The van der Waals surface area contributed by atoms with Crippen molar-refractivity contribution in [2.75, 3.05) is 32.5 Å². The van der Waals surface area contributed by atoms with Gasteiger partial charge in [-0.2, -0.15) is 0 Å². The summed E-state index contributed by atoms with van der Waals surface area (Å²) in [5.74, 6) is -0.889. The predicted octanol–water partition coefficient (Wildman–Crippen LogP) is 4.19. The molecular formula is C22H23Cl2N3O3. The summed E-state index contributed by atoms with van der Waals surface area (Å²) in [5.41, 5.74) is 1.36. The largest absolute Gasteiger partial charge is 0.345 e. The molecule has 1 aliphatic rings. The molecule has 8 heteroatoms. The van der Waals surface area contributed by atoms with Crippen molar-refractivity contribution in [1.82, 2.24) is 9.80 Å². The second-order valence-electron chi connectivity index (χ2n) is 7.48. The molecule has 0 spiro atoms. The van der Waals surface area contributed by atoms with Gasteiger partial charge in [-0.15, -0.1) is 0 Å². The van der Waals surface area contributed by atoms with Gasteiger partial charge in [0.15, 0.2) is 0 Å². The summed E-state index contributed by atoms with van der Waals surface area (Å²) in [6.45, 7) is 0.917. The predicted molar refractivity (Wildman–Crippen MR) is 118 cm³/mol. The molecule has 1 N–H and O–H groups in total. The van der Waals surface area contributed by atoms with Crippen LogP contribution >= 0.6 is 23.2 Å². The number of hydrogen-bond donors (Lipinski definition) is 1. The third-order valence-corrected chi connectivity index (χ3v) is 5.63. The van der Waals surface area contributed by atoms with Crippen LogP contribution in [0.1, 0.15) is 33.6 Å². The molecular weight excluding hydrogens is 425 g/mol. The molecule has 1 heterocycles. The molecule has 3 amide bonds. The molecule has 0 bridgehead atoms. The molecule has 0 radical (unpaired) electrons. The van der Waals surface area contributed by atoms with Crippen molar-refractivity contribution in [1.29, 1.82) is 0 Å². The molecule has 30 heavy (non-hydrogen) atoms. The fourth-order valence-corrected chi connectivity index (χ4v) is 3.69. The number of amides is 3. The third kappa shape index (κ3) is 5.12. The summed E-state index contributed by atoms with van der Waals surface area (Å²) >= 11 is 12.1. The van der Waals surface area contributed by atoms with Gasteiger partial charge in [0, 0.05) is 43.3 Å². The smallest absolute Gasteiger partial charge is 0.253 e. The van der Waals surface area contributed by atoms with Crippen LogP contribution in [-0.4, -0.2) is 54.7 Å². The van der Waals surface area contributed by atoms with Gasteiger partial charge in [-0.05, 0) is 55.3 Å². The van der Waals surface area contributed by atoms with Crippen LogP contribution in [0, 0.1) is 5.92 Å². The topological polar surface area (TPSA) is 69.7 Å². The van der Waals surface area contributed by atoms with E-state index in [0.29, 0.717) is 46.4 Å². The number of rotatable bonds is 4. The Balaban J connectivity index is 1.70. The Bertz CT molecular complexity index is 961. The lowest BCUT2D eigenvalue weighted by molar-refractivity contribution is -0.121. The van der Waals surface area contributed by atoms with E-state index in [1.54, 1.807) is 61.5 Å². The van der Waals surface area contributed by atoms with Crippen molar-refractivity contribution < 1.29 is 14.4 Å². The van der Waals surface area contributed by atoms with Crippen molar-refractivity contribution in [2.45, 2.75) is 12.8 Å². The Kier molecular flexibility index (Phi) is 7.00. The van der Waals surface area contributed by atoms with Crippen LogP contribution in [0.3, 0.4) is 0 Å². The molecule has 158 valence electrons. The fraction of sp³-hybridized carbons (Fsp3) is 0.318. The van der Waals surface area contributed by atoms with E-state index in [2.05, 4.69) is 5.32 Å². The Labute approximate surface area is 185 Å². The minimum Gasteiger partial charge on any atom is -0.345 e. The van der Waals surface area contributed by atoms with E-state index < -0.39 is 0 Å². The molecule has 0 aromatic heterocycles. The Morgan fingerprint density at radius 2 is 1.70 bits per heavy atom. The molecule has 6 nitrogen and oxygen atoms in total. The van der Waals surface area contributed by atoms with E-state index in [0.717, 1.165) is 6.42 Å². The standard InChI is InChI=1S/C22H23Cl2N3O3/c1-26(2)21(29)15-7-10-18(24)19(12-15)25-20(28)16-4-3-11-27(13-16)22(30)14-5-8-17(23)9-6-14/h5-10,12,16H,3-4,11,13H2,1-2H3,(H,25,28). The highest BCUT2D eigenvalue weighted by molar-refractivity contribution is 6.34. The van der Waals surface area contributed by atoms with Crippen molar-refractivity contribution in [3.05, 3.63) is 63.6 Å². The van der Waals surface area contributed by atoms with Crippen molar-refractivity contribution in [3.8, 4) is 0 Å². The van der Waals surface area contributed by atoms with Crippen LogP contribution in [-0.2, 0) is 4.79 Å². The molecule has 1 aliphatic heterocycles. The van der Waals surface area contributed by atoms with Crippen LogP contribution < -0.4 is 5.32 Å². The number of benzene rings is 2. The zero-order chi connectivity index (χ0) is 21.8. The number of nitrogens with one attached hydrogen (secondary N) is 1. The van der Waals surface area contributed by atoms with Gasteiger partial charge in [-0.25, -0.2) is 0 Å². The van der Waals surface area contributed by atoms with E-state index in [4.69, 9.17) is 23.2 Å². The Morgan fingerprint density at radius 1 is 1.03 bits per heavy atom. The van der Waals surface area contributed by atoms with Crippen molar-refractivity contribution in [2.24, 2.45) is 5.92 Å². The molecule has 1 fully saturated rings. The third-order valence-electron chi connectivity index (χ3n) is 5.05. The SMILES string of the molecule is CN(C)C(=O)c1ccc(Cl)c(NC(=O)C2CCCN(C(=O)c3ccc(Cl)cc3)C2)c1. The molecule has 2 aromatic rings. The van der Waals surface area contributed by atoms with Gasteiger partial charge >= 0.3 is 0 Å². The summed E-state index contributed by atoms with van der Waals surface area (Å²) in [6.07, 6.45) is 1.40. The molecule has 1 unspecified atom stereocenters. The van der Waals surface area contributed by atoms with Crippen LogP contribution in [0.25, 0.3) is 0 Å². The number of likely N-dealkylation sites (tertiary alicyclic amines) is 1. The Hall–Kier alpha value is -2.57. The van der Waals surface area contributed by atoms with E-state index in [1.807, 2.05) is 0 Å². The number of carbonyl (C=O) groups excluding carboxylic acids is 3. The summed E-state index contributed by atoms with van der Waals surface area (Å²) in [4.78, 5) is 41.0. The van der Waals surface area contributed by atoms with Gasteiger partial charge in [-0.3, -0.25) is 14.4 Å². The first-order valence-electron chi connectivity index (χ1n) is 9.63. The first-order valence-corrected chi connectivity index (χ1v) is 10.4. The maximum atomic E-state index is 12.9. The minimum atomic E-state index is -0.362. The number of halogens is 2. The van der Waals surface area contributed by atoms with Crippen molar-refractivity contribution >= 4 is 46.6 Å². The van der Waals surface area contributed by atoms with Crippen LogP contribution in [0.15, 0.2) is 42.5 Å². The van der Waals surface area contributed by atoms with Gasteiger partial charge in [0.25, 0.3) is 11.8 Å². The summed E-state index contributed by atoms with van der Waals surface area (Å²) in [6, 6.07) is 11.5.